The van der Waals surface area contributed by atoms with Gasteiger partial charge in [0.15, 0.2) is 12.3 Å². The van der Waals surface area contributed by atoms with Crippen LogP contribution in [0.15, 0.2) is 108 Å². The molecule has 34 heavy (non-hydrogen) atoms. The molecule has 1 fully saturated rings. The summed E-state index contributed by atoms with van der Waals surface area (Å²) >= 11 is 0. The molecule has 0 unspecified atom stereocenters. The molecular formula is C28H24N2O4. The van der Waals surface area contributed by atoms with Crippen molar-refractivity contribution >= 4 is 0 Å². The molecule has 1 N–H and O–H groups in total. The number of aromatic nitrogens is 2. The van der Waals surface area contributed by atoms with Gasteiger partial charge in [-0.1, -0.05) is 91.0 Å². The van der Waals surface area contributed by atoms with Crippen LogP contribution in [0.5, 0.6) is 6.01 Å². The van der Waals surface area contributed by atoms with Crippen molar-refractivity contribution in [2.24, 2.45) is 0 Å². The first-order valence-corrected chi connectivity index (χ1v) is 11.4. The summed E-state index contributed by atoms with van der Waals surface area (Å²) in [6, 6.07) is 32.6. The molecule has 1 saturated heterocycles. The van der Waals surface area contributed by atoms with Crippen LogP contribution in [0.1, 0.15) is 29.3 Å². The van der Waals surface area contributed by atoms with Gasteiger partial charge in [-0.2, -0.15) is 4.98 Å². The van der Waals surface area contributed by atoms with Gasteiger partial charge >= 0.3 is 6.01 Å². The summed E-state index contributed by atoms with van der Waals surface area (Å²) in [5, 5.41) is 11.3. The van der Waals surface area contributed by atoms with Gasteiger partial charge in [0.05, 0.1) is 6.10 Å². The zero-order chi connectivity index (χ0) is 23.1. The number of aliphatic hydroxyl groups excluding tert-OH is 1. The third-order valence-electron chi connectivity index (χ3n) is 6.94. The van der Waals surface area contributed by atoms with Crippen molar-refractivity contribution in [1.82, 2.24) is 9.55 Å². The van der Waals surface area contributed by atoms with Crippen LogP contribution in [0.4, 0.5) is 0 Å². The van der Waals surface area contributed by atoms with Gasteiger partial charge in [0.2, 0.25) is 0 Å². The maximum absolute atomic E-state index is 11.6. The Balaban J connectivity index is 1.46. The number of ether oxygens (including phenoxy) is 2. The lowest BCUT2D eigenvalue weighted by Crippen LogP contribution is -2.40. The molecule has 0 spiro atoms. The van der Waals surface area contributed by atoms with E-state index in [1.165, 1.54) is 6.07 Å². The van der Waals surface area contributed by atoms with Crippen LogP contribution in [-0.2, 0) is 10.2 Å². The Morgan fingerprint density at radius 1 is 0.824 bits per heavy atom. The van der Waals surface area contributed by atoms with Crippen molar-refractivity contribution in [3.8, 4) is 6.01 Å². The van der Waals surface area contributed by atoms with E-state index in [0.29, 0.717) is 6.42 Å². The number of aliphatic hydroxyl groups is 1. The Morgan fingerprint density at radius 2 is 1.35 bits per heavy atom. The SMILES string of the molecule is O=c1ccn2c(n1)O[C@@H]1[C@@H](O)[C@@H](CC(c3ccccc3)(c3ccccc3)c3ccccc3)O[C@@H]12. The minimum absolute atomic E-state index is 0.181. The minimum Gasteiger partial charge on any atom is -0.453 e. The van der Waals surface area contributed by atoms with Crippen molar-refractivity contribution in [1.29, 1.82) is 0 Å². The number of rotatable bonds is 5. The zero-order valence-electron chi connectivity index (χ0n) is 18.4. The standard InChI is InChI=1S/C28H24N2O4/c31-23-16-17-30-26-25(34-27(30)29-23)24(32)22(33-26)18-28(19-10-4-1-5-11-19,20-12-6-2-7-13-20)21-14-8-3-9-15-21/h1-17,22,24-26,32H,18H2/t22-,24+,25-,26+/m1/s1. The van der Waals surface area contributed by atoms with Crippen LogP contribution in [0.2, 0.25) is 0 Å². The minimum atomic E-state index is -0.891. The molecule has 6 rings (SSSR count). The first-order chi connectivity index (χ1) is 16.7. The average Bonchev–Trinajstić information content (AvgIpc) is 3.39. The first kappa shape index (κ1) is 20.8. The smallest absolute Gasteiger partial charge is 0.302 e. The highest BCUT2D eigenvalue weighted by molar-refractivity contribution is 5.50. The van der Waals surface area contributed by atoms with Gasteiger partial charge in [-0.25, -0.2) is 0 Å². The van der Waals surface area contributed by atoms with Crippen LogP contribution in [0.3, 0.4) is 0 Å². The van der Waals surface area contributed by atoms with Gasteiger partial charge in [0.25, 0.3) is 5.56 Å². The Hall–Kier alpha value is -3.74. The topological polar surface area (TPSA) is 73.6 Å². The van der Waals surface area contributed by atoms with E-state index >= 15 is 0 Å². The van der Waals surface area contributed by atoms with Crippen molar-refractivity contribution in [3.63, 3.8) is 0 Å². The highest BCUT2D eigenvalue weighted by atomic mass is 16.6. The summed E-state index contributed by atoms with van der Waals surface area (Å²) in [6.45, 7) is 0. The fourth-order valence-electron chi connectivity index (χ4n) is 5.36. The van der Waals surface area contributed by atoms with Crippen molar-refractivity contribution in [3.05, 3.63) is 130 Å². The fraction of sp³-hybridized carbons (Fsp3) is 0.214. The molecule has 6 heteroatoms. The molecule has 4 aromatic rings. The maximum Gasteiger partial charge on any atom is 0.302 e. The van der Waals surface area contributed by atoms with Gasteiger partial charge in [-0.15, -0.1) is 0 Å². The van der Waals surface area contributed by atoms with Crippen LogP contribution < -0.4 is 10.3 Å². The highest BCUT2D eigenvalue weighted by Gasteiger charge is 2.53. The molecule has 0 radical (unpaired) electrons. The van der Waals surface area contributed by atoms with Crippen molar-refractivity contribution in [2.75, 3.05) is 0 Å². The van der Waals surface area contributed by atoms with Gasteiger partial charge in [-0.05, 0) is 23.1 Å². The molecular weight excluding hydrogens is 428 g/mol. The predicted octanol–water partition coefficient (Wildman–Crippen LogP) is 3.69. The molecule has 0 saturated carbocycles. The summed E-state index contributed by atoms with van der Waals surface area (Å²) in [5.74, 6) is 0. The van der Waals surface area contributed by atoms with Gasteiger partial charge < -0.3 is 14.6 Å². The second-order valence-corrected chi connectivity index (χ2v) is 8.80. The van der Waals surface area contributed by atoms with E-state index in [9.17, 15) is 9.90 Å². The lowest BCUT2D eigenvalue weighted by molar-refractivity contribution is -0.0271. The molecule has 2 aliphatic heterocycles. The highest BCUT2D eigenvalue weighted by Crippen LogP contribution is 2.48. The zero-order valence-corrected chi connectivity index (χ0v) is 18.4. The second kappa shape index (κ2) is 8.24. The lowest BCUT2D eigenvalue weighted by atomic mass is 9.66. The number of benzene rings is 3. The number of hydrogen-bond donors (Lipinski definition) is 1. The third-order valence-corrected chi connectivity index (χ3v) is 6.94. The van der Waals surface area contributed by atoms with E-state index in [2.05, 4.69) is 41.4 Å². The largest absolute Gasteiger partial charge is 0.453 e. The molecule has 170 valence electrons. The summed E-state index contributed by atoms with van der Waals surface area (Å²) in [7, 11) is 0. The molecule has 4 atom stereocenters. The van der Waals surface area contributed by atoms with Crippen LogP contribution in [0.25, 0.3) is 0 Å². The summed E-state index contributed by atoms with van der Waals surface area (Å²) in [4.78, 5) is 15.6. The van der Waals surface area contributed by atoms with Crippen molar-refractivity contribution < 1.29 is 14.6 Å². The molecule has 2 aliphatic rings. The Morgan fingerprint density at radius 3 is 1.88 bits per heavy atom. The monoisotopic (exact) mass is 452 g/mol. The quantitative estimate of drug-likeness (QED) is 0.468. The Kier molecular flexibility index (Phi) is 5.05. The Bertz CT molecular complexity index is 1240. The van der Waals surface area contributed by atoms with Crippen LogP contribution in [0, 0.1) is 0 Å². The predicted molar refractivity (Wildman–Crippen MR) is 127 cm³/mol. The third kappa shape index (κ3) is 3.26. The molecule has 0 bridgehead atoms. The molecule has 6 nitrogen and oxygen atoms in total. The molecule has 1 aromatic heterocycles. The summed E-state index contributed by atoms with van der Waals surface area (Å²) in [6.07, 6.45) is -0.447. The van der Waals surface area contributed by atoms with Gasteiger partial charge in [0, 0.05) is 17.7 Å². The second-order valence-electron chi connectivity index (χ2n) is 8.80. The molecule has 3 aromatic carbocycles. The van der Waals surface area contributed by atoms with E-state index in [1.54, 1.807) is 10.8 Å². The van der Waals surface area contributed by atoms with Gasteiger partial charge in [-0.3, -0.25) is 9.36 Å². The maximum atomic E-state index is 11.6. The van der Waals surface area contributed by atoms with Crippen LogP contribution in [-0.4, -0.2) is 33.0 Å². The summed E-state index contributed by atoms with van der Waals surface area (Å²) < 4.78 is 14.0. The van der Waals surface area contributed by atoms with E-state index in [-0.39, 0.29) is 11.6 Å². The number of nitrogens with zero attached hydrogens (tertiary/aromatic N) is 2. The van der Waals surface area contributed by atoms with E-state index < -0.39 is 30.0 Å². The Labute approximate surface area is 197 Å². The number of hydrogen-bond acceptors (Lipinski definition) is 5. The van der Waals surface area contributed by atoms with E-state index in [1.807, 2.05) is 54.6 Å². The lowest BCUT2D eigenvalue weighted by Gasteiger charge is -2.38. The normalized spacial score (nSPS) is 23.2. The molecule has 0 amide bonds. The fourth-order valence-corrected chi connectivity index (χ4v) is 5.36. The van der Waals surface area contributed by atoms with E-state index in [0.717, 1.165) is 16.7 Å². The van der Waals surface area contributed by atoms with Crippen molar-refractivity contribution in [2.45, 2.75) is 36.4 Å². The first-order valence-electron chi connectivity index (χ1n) is 11.4. The summed E-state index contributed by atoms with van der Waals surface area (Å²) in [5.41, 5.74) is 2.41. The molecule has 0 aliphatic carbocycles. The van der Waals surface area contributed by atoms with E-state index in [4.69, 9.17) is 9.47 Å². The van der Waals surface area contributed by atoms with Gasteiger partial charge in [0.1, 0.15) is 6.10 Å². The van der Waals surface area contributed by atoms with Crippen LogP contribution >= 0.6 is 0 Å². The average molecular weight is 453 g/mol. The number of fused-ring (bicyclic) bond motifs is 3. The molecule has 3 heterocycles.